The van der Waals surface area contributed by atoms with Gasteiger partial charge >= 0.3 is 11.9 Å². The summed E-state index contributed by atoms with van der Waals surface area (Å²) in [6.45, 7) is 0. The fourth-order valence-electron chi connectivity index (χ4n) is 1.73. The highest BCUT2D eigenvalue weighted by molar-refractivity contribution is 7.15. The lowest BCUT2D eigenvalue weighted by molar-refractivity contribution is -0.131. The van der Waals surface area contributed by atoms with Crippen LogP contribution in [-0.2, 0) is 14.3 Å². The van der Waals surface area contributed by atoms with Gasteiger partial charge in [0, 0.05) is 12.2 Å². The highest BCUT2D eigenvalue weighted by Crippen LogP contribution is 2.28. The first-order valence-corrected chi connectivity index (χ1v) is 8.45. The van der Waals surface area contributed by atoms with Crippen LogP contribution in [-0.4, -0.2) is 36.0 Å². The van der Waals surface area contributed by atoms with Gasteiger partial charge < -0.3 is 20.5 Å². The molecule has 0 spiro atoms. The number of ether oxygens (including phenoxy) is 1. The molecule has 10 heteroatoms. The number of aliphatic carboxylic acids is 1. The number of hydrogen-bond donors (Lipinski definition) is 3. The third kappa shape index (κ3) is 4.75. The maximum absolute atomic E-state index is 12.4. The van der Waals surface area contributed by atoms with Crippen LogP contribution < -0.4 is 10.6 Å². The van der Waals surface area contributed by atoms with E-state index in [1.165, 1.54) is 19.2 Å². The van der Waals surface area contributed by atoms with Crippen LogP contribution >= 0.6 is 22.7 Å². The summed E-state index contributed by atoms with van der Waals surface area (Å²) < 4.78 is 4.64. The fourth-order valence-corrected chi connectivity index (χ4v) is 3.29. The molecular weight excluding hydrogens is 368 g/mol. The van der Waals surface area contributed by atoms with Gasteiger partial charge in [0.05, 0.1) is 18.2 Å². The van der Waals surface area contributed by atoms with Gasteiger partial charge in [0.1, 0.15) is 10.0 Å². The molecule has 2 aromatic heterocycles. The molecule has 0 atom stereocenters. The molecular formula is C15H12N2O6S2. The Morgan fingerprint density at radius 2 is 1.60 bits per heavy atom. The zero-order valence-electron chi connectivity index (χ0n) is 12.8. The van der Waals surface area contributed by atoms with Crippen LogP contribution in [0.15, 0.2) is 35.0 Å². The summed E-state index contributed by atoms with van der Waals surface area (Å²) in [5.41, 5.74) is 0.414. The molecule has 0 saturated heterocycles. The number of esters is 1. The summed E-state index contributed by atoms with van der Waals surface area (Å²) in [5.74, 6) is -3.03. The molecule has 0 bridgehead atoms. The molecule has 130 valence electrons. The van der Waals surface area contributed by atoms with Crippen molar-refractivity contribution in [3.63, 3.8) is 0 Å². The van der Waals surface area contributed by atoms with Crippen LogP contribution in [0.1, 0.15) is 20.7 Å². The maximum atomic E-state index is 12.4. The third-order valence-corrected chi connectivity index (χ3v) is 4.48. The van der Waals surface area contributed by atoms with Crippen molar-refractivity contribution in [1.29, 1.82) is 0 Å². The molecule has 0 radical (unpaired) electrons. The molecule has 2 aromatic rings. The molecule has 0 saturated carbocycles. The fraction of sp³-hybridized carbons (Fsp3) is 0.0667. The second kappa shape index (κ2) is 8.22. The quantitative estimate of drug-likeness (QED) is 0.523. The average Bonchev–Trinajstić information content (AvgIpc) is 3.21. The molecule has 0 unspecified atom stereocenters. The Kier molecular flexibility index (Phi) is 6.03. The summed E-state index contributed by atoms with van der Waals surface area (Å²) in [5, 5.41) is 17.3. The van der Waals surface area contributed by atoms with Gasteiger partial charge in [-0.05, 0) is 22.9 Å². The lowest BCUT2D eigenvalue weighted by Crippen LogP contribution is -2.16. The Bertz CT molecular complexity index is 852. The minimum absolute atomic E-state index is 0.186. The van der Waals surface area contributed by atoms with E-state index in [0.29, 0.717) is 11.1 Å². The first kappa shape index (κ1) is 18.4. The number of amides is 2. The predicted molar refractivity (Wildman–Crippen MR) is 93.3 cm³/mol. The monoisotopic (exact) mass is 380 g/mol. The number of nitrogens with one attached hydrogen (secondary N) is 2. The molecule has 2 rings (SSSR count). The van der Waals surface area contributed by atoms with Crippen molar-refractivity contribution in [2.75, 3.05) is 17.7 Å². The summed E-state index contributed by atoms with van der Waals surface area (Å²) in [4.78, 5) is 46.1. The number of thiophene rings is 2. The van der Waals surface area contributed by atoms with E-state index in [4.69, 9.17) is 5.11 Å². The van der Waals surface area contributed by atoms with E-state index < -0.39 is 23.8 Å². The maximum Gasteiger partial charge on any atom is 0.340 e. The Labute approximate surface area is 149 Å². The van der Waals surface area contributed by atoms with Crippen LogP contribution in [0.4, 0.5) is 10.0 Å². The van der Waals surface area contributed by atoms with Crippen molar-refractivity contribution in [2.45, 2.75) is 0 Å². The Hall–Kier alpha value is -2.98. The molecule has 25 heavy (non-hydrogen) atoms. The van der Waals surface area contributed by atoms with Crippen LogP contribution in [0.25, 0.3) is 0 Å². The SMILES string of the molecule is COC(=O)c1ccsc1NC(=O)c1ccsc1NC(=O)/C=C/C(=O)O. The molecule has 0 aromatic carbocycles. The minimum Gasteiger partial charge on any atom is -0.478 e. The van der Waals surface area contributed by atoms with Crippen molar-refractivity contribution in [3.05, 3.63) is 46.2 Å². The minimum atomic E-state index is -1.26. The standard InChI is InChI=1S/C15H12N2O6S2/c1-23-15(22)9-5-7-25-14(9)17-12(21)8-4-6-24-13(8)16-10(18)2-3-11(19)20/h2-7H,1H3,(H,16,18)(H,17,21)(H,19,20)/b3-2+. The molecule has 2 amide bonds. The predicted octanol–water partition coefficient (Wildman–Crippen LogP) is 2.43. The molecule has 0 aliphatic heterocycles. The average molecular weight is 380 g/mol. The van der Waals surface area contributed by atoms with Gasteiger partial charge in [0.2, 0.25) is 5.91 Å². The van der Waals surface area contributed by atoms with Gasteiger partial charge in [-0.15, -0.1) is 22.7 Å². The van der Waals surface area contributed by atoms with Crippen molar-refractivity contribution >= 4 is 56.4 Å². The van der Waals surface area contributed by atoms with E-state index >= 15 is 0 Å². The largest absolute Gasteiger partial charge is 0.478 e. The third-order valence-electron chi connectivity index (χ3n) is 2.82. The number of rotatable bonds is 6. The molecule has 8 nitrogen and oxygen atoms in total. The molecule has 0 aliphatic carbocycles. The van der Waals surface area contributed by atoms with Gasteiger partial charge in [0.25, 0.3) is 5.91 Å². The van der Waals surface area contributed by atoms with Crippen LogP contribution in [0, 0.1) is 0 Å². The summed E-state index contributed by atoms with van der Waals surface area (Å²) >= 11 is 2.26. The topological polar surface area (TPSA) is 122 Å². The number of anilines is 2. The summed E-state index contributed by atoms with van der Waals surface area (Å²) in [6, 6.07) is 3.03. The molecule has 2 heterocycles. The van der Waals surface area contributed by atoms with Gasteiger partial charge in [-0.3, -0.25) is 9.59 Å². The summed E-state index contributed by atoms with van der Waals surface area (Å²) in [6.07, 6.45) is 1.54. The summed E-state index contributed by atoms with van der Waals surface area (Å²) in [7, 11) is 1.24. The van der Waals surface area contributed by atoms with E-state index in [9.17, 15) is 19.2 Å². The van der Waals surface area contributed by atoms with Crippen molar-refractivity contribution in [1.82, 2.24) is 0 Å². The van der Waals surface area contributed by atoms with E-state index in [-0.39, 0.29) is 16.1 Å². The van der Waals surface area contributed by atoms with Crippen LogP contribution in [0.3, 0.4) is 0 Å². The van der Waals surface area contributed by atoms with Crippen molar-refractivity contribution < 1.29 is 29.0 Å². The van der Waals surface area contributed by atoms with Gasteiger partial charge in [-0.2, -0.15) is 0 Å². The lowest BCUT2D eigenvalue weighted by atomic mass is 10.2. The Balaban J connectivity index is 2.13. The van der Waals surface area contributed by atoms with Gasteiger partial charge in [-0.25, -0.2) is 9.59 Å². The number of hydrogen-bond acceptors (Lipinski definition) is 7. The number of carboxylic acid groups (broad SMARTS) is 1. The lowest BCUT2D eigenvalue weighted by Gasteiger charge is -2.06. The second-order valence-electron chi connectivity index (χ2n) is 4.43. The highest BCUT2D eigenvalue weighted by atomic mass is 32.1. The Morgan fingerprint density at radius 1 is 1.00 bits per heavy atom. The number of carboxylic acids is 1. The molecule has 3 N–H and O–H groups in total. The zero-order valence-corrected chi connectivity index (χ0v) is 14.4. The highest BCUT2D eigenvalue weighted by Gasteiger charge is 2.19. The van der Waals surface area contributed by atoms with Crippen molar-refractivity contribution in [2.24, 2.45) is 0 Å². The smallest absolute Gasteiger partial charge is 0.340 e. The number of carbonyl (C=O) groups is 4. The van der Waals surface area contributed by atoms with E-state index in [1.54, 1.807) is 10.8 Å². The Morgan fingerprint density at radius 3 is 2.20 bits per heavy atom. The molecule has 0 fully saturated rings. The van der Waals surface area contributed by atoms with Crippen LogP contribution in [0.5, 0.6) is 0 Å². The van der Waals surface area contributed by atoms with Gasteiger partial charge in [0.15, 0.2) is 0 Å². The van der Waals surface area contributed by atoms with Crippen LogP contribution in [0.2, 0.25) is 0 Å². The number of carbonyl (C=O) groups excluding carboxylic acids is 3. The van der Waals surface area contributed by atoms with E-state index in [2.05, 4.69) is 15.4 Å². The van der Waals surface area contributed by atoms with Crippen molar-refractivity contribution in [3.8, 4) is 0 Å². The second-order valence-corrected chi connectivity index (χ2v) is 6.27. The van der Waals surface area contributed by atoms with E-state index in [0.717, 1.165) is 28.7 Å². The molecule has 0 aliphatic rings. The zero-order chi connectivity index (χ0) is 18.4. The normalized spacial score (nSPS) is 10.4. The first-order valence-electron chi connectivity index (χ1n) is 6.69. The van der Waals surface area contributed by atoms with Gasteiger partial charge in [-0.1, -0.05) is 0 Å². The van der Waals surface area contributed by atoms with E-state index in [1.807, 2.05) is 0 Å². The first-order chi connectivity index (χ1) is 11.9. The number of methoxy groups -OCH3 is 1.